The maximum atomic E-state index is 12.9. The van der Waals surface area contributed by atoms with Crippen molar-refractivity contribution in [3.8, 4) is 5.75 Å². The average molecular weight is 313 g/mol. The van der Waals surface area contributed by atoms with Gasteiger partial charge >= 0.3 is 0 Å². The van der Waals surface area contributed by atoms with Crippen molar-refractivity contribution in [2.24, 2.45) is 0 Å². The Labute approximate surface area is 135 Å². The second-order valence-electron chi connectivity index (χ2n) is 5.76. The summed E-state index contributed by atoms with van der Waals surface area (Å²) in [6.07, 6.45) is 2.56. The highest BCUT2D eigenvalue weighted by Gasteiger charge is 2.11. The number of nitrogens with zero attached hydrogens (tertiary/aromatic N) is 1. The Balaban J connectivity index is 1.55. The first kappa shape index (κ1) is 15.7. The van der Waals surface area contributed by atoms with Crippen LogP contribution in [0.1, 0.15) is 28.8 Å². The number of ketones is 1. The van der Waals surface area contributed by atoms with Crippen LogP contribution in [0.4, 0.5) is 4.39 Å². The van der Waals surface area contributed by atoms with E-state index in [-0.39, 0.29) is 11.6 Å². The van der Waals surface area contributed by atoms with Crippen LogP contribution < -0.4 is 4.74 Å². The first-order valence-corrected chi connectivity index (χ1v) is 7.98. The lowest BCUT2D eigenvalue weighted by Gasteiger charge is -2.15. The Hall–Kier alpha value is -2.20. The molecule has 0 spiro atoms. The summed E-state index contributed by atoms with van der Waals surface area (Å²) in [4.78, 5) is 14.7. The standard InChI is InChI=1S/C19H20FNO2/c20-17-7-3-15(4-8-17)19(22)16-5-9-18(10-6-16)23-14-13-21-11-1-2-12-21/h3-10H,1-2,11-14H2. The largest absolute Gasteiger partial charge is 0.492 e. The minimum absolute atomic E-state index is 0.117. The lowest BCUT2D eigenvalue weighted by Crippen LogP contribution is -2.25. The number of rotatable bonds is 6. The fraction of sp³-hybridized carbons (Fsp3) is 0.316. The van der Waals surface area contributed by atoms with Crippen molar-refractivity contribution >= 4 is 5.78 Å². The van der Waals surface area contributed by atoms with E-state index in [0.29, 0.717) is 17.7 Å². The number of halogens is 1. The molecule has 1 fully saturated rings. The highest BCUT2D eigenvalue weighted by atomic mass is 19.1. The maximum Gasteiger partial charge on any atom is 0.193 e. The van der Waals surface area contributed by atoms with Gasteiger partial charge in [0, 0.05) is 17.7 Å². The van der Waals surface area contributed by atoms with E-state index in [0.717, 1.165) is 25.4 Å². The molecule has 0 bridgehead atoms. The van der Waals surface area contributed by atoms with Crippen LogP contribution in [0.3, 0.4) is 0 Å². The van der Waals surface area contributed by atoms with Gasteiger partial charge in [0.25, 0.3) is 0 Å². The van der Waals surface area contributed by atoms with Crippen molar-refractivity contribution in [2.75, 3.05) is 26.2 Å². The highest BCUT2D eigenvalue weighted by molar-refractivity contribution is 6.08. The lowest BCUT2D eigenvalue weighted by atomic mass is 10.0. The van der Waals surface area contributed by atoms with E-state index < -0.39 is 0 Å². The third-order valence-electron chi connectivity index (χ3n) is 4.10. The minimum Gasteiger partial charge on any atom is -0.492 e. The molecule has 1 aliphatic heterocycles. The molecule has 0 amide bonds. The molecule has 2 aromatic rings. The van der Waals surface area contributed by atoms with E-state index in [9.17, 15) is 9.18 Å². The van der Waals surface area contributed by atoms with Crippen LogP contribution in [0.25, 0.3) is 0 Å². The van der Waals surface area contributed by atoms with Crippen LogP contribution in [0, 0.1) is 5.82 Å². The zero-order valence-electron chi connectivity index (χ0n) is 13.0. The van der Waals surface area contributed by atoms with E-state index in [1.165, 1.54) is 37.1 Å². The molecular formula is C19H20FNO2. The fourth-order valence-corrected chi connectivity index (χ4v) is 2.77. The number of benzene rings is 2. The molecule has 4 heteroatoms. The summed E-state index contributed by atoms with van der Waals surface area (Å²) in [5, 5.41) is 0. The van der Waals surface area contributed by atoms with E-state index in [4.69, 9.17) is 4.74 Å². The summed E-state index contributed by atoms with van der Waals surface area (Å²) in [6.45, 7) is 3.92. The number of ether oxygens (including phenoxy) is 1. The quantitative estimate of drug-likeness (QED) is 0.764. The number of hydrogen-bond acceptors (Lipinski definition) is 3. The van der Waals surface area contributed by atoms with Crippen molar-refractivity contribution in [3.05, 3.63) is 65.5 Å². The molecule has 0 radical (unpaired) electrons. The molecule has 0 unspecified atom stereocenters. The molecule has 0 atom stereocenters. The summed E-state index contributed by atoms with van der Waals surface area (Å²) < 4.78 is 18.6. The smallest absolute Gasteiger partial charge is 0.193 e. The van der Waals surface area contributed by atoms with E-state index >= 15 is 0 Å². The second kappa shape index (κ2) is 7.38. The molecule has 0 aliphatic carbocycles. The van der Waals surface area contributed by atoms with Gasteiger partial charge in [0.1, 0.15) is 18.2 Å². The summed E-state index contributed by atoms with van der Waals surface area (Å²) in [6, 6.07) is 12.7. The zero-order chi connectivity index (χ0) is 16.1. The predicted molar refractivity (Wildman–Crippen MR) is 87.4 cm³/mol. The summed E-state index contributed by atoms with van der Waals surface area (Å²) in [5.74, 6) is 0.303. The Morgan fingerprint density at radius 2 is 1.52 bits per heavy atom. The molecule has 120 valence electrons. The molecule has 0 saturated carbocycles. The van der Waals surface area contributed by atoms with Crippen molar-refractivity contribution in [2.45, 2.75) is 12.8 Å². The molecular weight excluding hydrogens is 293 g/mol. The van der Waals surface area contributed by atoms with Crippen LogP contribution >= 0.6 is 0 Å². The summed E-state index contributed by atoms with van der Waals surface area (Å²) in [5.41, 5.74) is 1.05. The Morgan fingerprint density at radius 1 is 0.957 bits per heavy atom. The van der Waals surface area contributed by atoms with Crippen molar-refractivity contribution < 1.29 is 13.9 Å². The predicted octanol–water partition coefficient (Wildman–Crippen LogP) is 3.53. The third-order valence-corrected chi connectivity index (χ3v) is 4.10. The van der Waals surface area contributed by atoms with E-state index in [1.807, 2.05) is 0 Å². The zero-order valence-corrected chi connectivity index (χ0v) is 13.0. The minimum atomic E-state index is -0.344. The molecule has 3 rings (SSSR count). The molecule has 1 saturated heterocycles. The molecule has 0 N–H and O–H groups in total. The number of carbonyl (C=O) groups excluding carboxylic acids is 1. The Kier molecular flexibility index (Phi) is 5.03. The van der Waals surface area contributed by atoms with Crippen molar-refractivity contribution in [3.63, 3.8) is 0 Å². The normalized spacial score (nSPS) is 14.8. The Bertz CT molecular complexity index is 646. The number of carbonyl (C=O) groups is 1. The average Bonchev–Trinajstić information content (AvgIpc) is 3.09. The van der Waals surface area contributed by atoms with Crippen molar-refractivity contribution in [1.82, 2.24) is 4.90 Å². The number of likely N-dealkylation sites (tertiary alicyclic amines) is 1. The van der Waals surface area contributed by atoms with Gasteiger partial charge in [-0.05, 0) is 74.5 Å². The first-order chi connectivity index (χ1) is 11.2. The van der Waals surface area contributed by atoms with Gasteiger partial charge in [-0.2, -0.15) is 0 Å². The highest BCUT2D eigenvalue weighted by Crippen LogP contribution is 2.16. The van der Waals surface area contributed by atoms with Gasteiger partial charge in [0.05, 0.1) is 0 Å². The van der Waals surface area contributed by atoms with Gasteiger partial charge in [-0.1, -0.05) is 0 Å². The molecule has 2 aromatic carbocycles. The van der Waals surface area contributed by atoms with Gasteiger partial charge in [0.15, 0.2) is 5.78 Å². The monoisotopic (exact) mass is 313 g/mol. The van der Waals surface area contributed by atoms with Crippen LogP contribution in [0.5, 0.6) is 5.75 Å². The second-order valence-corrected chi connectivity index (χ2v) is 5.76. The van der Waals surface area contributed by atoms with Crippen LogP contribution in [0.15, 0.2) is 48.5 Å². The van der Waals surface area contributed by atoms with Gasteiger partial charge in [-0.25, -0.2) is 4.39 Å². The fourth-order valence-electron chi connectivity index (χ4n) is 2.77. The van der Waals surface area contributed by atoms with Crippen LogP contribution in [-0.4, -0.2) is 36.9 Å². The van der Waals surface area contributed by atoms with Gasteiger partial charge < -0.3 is 4.74 Å². The number of hydrogen-bond donors (Lipinski definition) is 0. The first-order valence-electron chi connectivity index (χ1n) is 7.98. The summed E-state index contributed by atoms with van der Waals surface area (Å²) in [7, 11) is 0. The SMILES string of the molecule is O=C(c1ccc(F)cc1)c1ccc(OCCN2CCCC2)cc1. The maximum absolute atomic E-state index is 12.9. The van der Waals surface area contributed by atoms with Crippen molar-refractivity contribution in [1.29, 1.82) is 0 Å². The van der Waals surface area contributed by atoms with Gasteiger partial charge in [-0.15, -0.1) is 0 Å². The van der Waals surface area contributed by atoms with Gasteiger partial charge in [-0.3, -0.25) is 9.69 Å². The molecule has 23 heavy (non-hydrogen) atoms. The molecule has 1 heterocycles. The molecule has 1 aliphatic rings. The van der Waals surface area contributed by atoms with Gasteiger partial charge in [0.2, 0.25) is 0 Å². The molecule has 0 aromatic heterocycles. The van der Waals surface area contributed by atoms with E-state index in [2.05, 4.69) is 4.90 Å². The third kappa shape index (κ3) is 4.17. The van der Waals surface area contributed by atoms with Crippen LogP contribution in [-0.2, 0) is 0 Å². The topological polar surface area (TPSA) is 29.5 Å². The summed E-state index contributed by atoms with van der Waals surface area (Å²) >= 11 is 0. The molecule has 3 nitrogen and oxygen atoms in total. The Morgan fingerprint density at radius 3 is 2.13 bits per heavy atom. The lowest BCUT2D eigenvalue weighted by molar-refractivity contribution is 0.103. The van der Waals surface area contributed by atoms with Crippen LogP contribution in [0.2, 0.25) is 0 Å². The van der Waals surface area contributed by atoms with E-state index in [1.54, 1.807) is 24.3 Å².